The second-order valence-electron chi connectivity index (χ2n) is 7.23. The van der Waals surface area contributed by atoms with Gasteiger partial charge in [0.2, 0.25) is 0 Å². The fourth-order valence-electron chi connectivity index (χ4n) is 3.74. The van der Waals surface area contributed by atoms with Gasteiger partial charge in [-0.05, 0) is 56.4 Å². The standard InChI is InChI=1S/C23H23N3/c1-14-4-7-19-20(11-14)26-13-21-22(19)23(24)18(12-25-21)6-5-17-9-15(2)8-16(3)10-17/h4,7-13H,5-6H2,1-3H3,(H2,24,25). The molecule has 0 aliphatic heterocycles. The van der Waals surface area contributed by atoms with Crippen LogP contribution in [0.15, 0.2) is 48.8 Å². The third-order valence-corrected chi connectivity index (χ3v) is 4.94. The Hall–Kier alpha value is -2.94. The van der Waals surface area contributed by atoms with Gasteiger partial charge in [-0.15, -0.1) is 0 Å². The molecule has 4 rings (SSSR count). The Kier molecular flexibility index (Phi) is 4.08. The first-order valence-electron chi connectivity index (χ1n) is 9.01. The molecule has 0 amide bonds. The molecule has 0 atom stereocenters. The first kappa shape index (κ1) is 16.5. The monoisotopic (exact) mass is 341 g/mol. The third kappa shape index (κ3) is 3.01. The molecule has 4 aromatic rings. The smallest absolute Gasteiger partial charge is 0.0912 e. The fourth-order valence-corrected chi connectivity index (χ4v) is 3.74. The molecule has 0 spiro atoms. The molecule has 0 saturated heterocycles. The Morgan fingerprint density at radius 2 is 1.50 bits per heavy atom. The Labute approximate surface area is 153 Å². The van der Waals surface area contributed by atoms with E-state index < -0.39 is 0 Å². The van der Waals surface area contributed by atoms with Gasteiger partial charge in [0.25, 0.3) is 0 Å². The second kappa shape index (κ2) is 6.41. The minimum Gasteiger partial charge on any atom is -0.398 e. The summed E-state index contributed by atoms with van der Waals surface area (Å²) in [4.78, 5) is 9.16. The van der Waals surface area contributed by atoms with Gasteiger partial charge in [-0.3, -0.25) is 9.97 Å². The average Bonchev–Trinajstić information content (AvgIpc) is 2.60. The van der Waals surface area contributed by atoms with Crippen LogP contribution in [0.2, 0.25) is 0 Å². The van der Waals surface area contributed by atoms with Crippen molar-refractivity contribution in [2.75, 3.05) is 5.73 Å². The van der Waals surface area contributed by atoms with Crippen molar-refractivity contribution in [3.63, 3.8) is 0 Å². The maximum absolute atomic E-state index is 6.58. The lowest BCUT2D eigenvalue weighted by Crippen LogP contribution is -2.01. The van der Waals surface area contributed by atoms with Gasteiger partial charge in [-0.1, -0.05) is 41.5 Å². The largest absolute Gasteiger partial charge is 0.398 e. The van der Waals surface area contributed by atoms with Crippen molar-refractivity contribution in [3.8, 4) is 0 Å². The van der Waals surface area contributed by atoms with E-state index in [0.717, 1.165) is 45.9 Å². The van der Waals surface area contributed by atoms with Gasteiger partial charge in [-0.25, -0.2) is 0 Å². The first-order chi connectivity index (χ1) is 12.5. The molecule has 0 bridgehead atoms. The van der Waals surface area contributed by atoms with Crippen molar-refractivity contribution in [1.82, 2.24) is 9.97 Å². The van der Waals surface area contributed by atoms with Crippen LogP contribution in [-0.4, -0.2) is 9.97 Å². The van der Waals surface area contributed by atoms with Crippen LogP contribution >= 0.6 is 0 Å². The number of aryl methyl sites for hydroxylation is 5. The van der Waals surface area contributed by atoms with E-state index in [-0.39, 0.29) is 0 Å². The number of nitrogens with two attached hydrogens (primary N) is 1. The summed E-state index contributed by atoms with van der Waals surface area (Å²) in [6.45, 7) is 6.36. The molecule has 2 aromatic heterocycles. The molecule has 2 N–H and O–H groups in total. The summed E-state index contributed by atoms with van der Waals surface area (Å²) < 4.78 is 0. The number of benzene rings is 2. The third-order valence-electron chi connectivity index (χ3n) is 4.94. The van der Waals surface area contributed by atoms with Crippen LogP contribution in [0, 0.1) is 20.8 Å². The summed E-state index contributed by atoms with van der Waals surface area (Å²) in [6.07, 6.45) is 5.57. The number of pyridine rings is 2. The molecular formula is C23H23N3. The van der Waals surface area contributed by atoms with Gasteiger partial charge in [0.05, 0.1) is 17.2 Å². The molecule has 3 heteroatoms. The normalized spacial score (nSPS) is 11.3. The van der Waals surface area contributed by atoms with E-state index in [2.05, 4.69) is 67.1 Å². The Bertz CT molecular complexity index is 1110. The van der Waals surface area contributed by atoms with E-state index in [9.17, 15) is 0 Å². The predicted molar refractivity (Wildman–Crippen MR) is 110 cm³/mol. The summed E-state index contributed by atoms with van der Waals surface area (Å²) in [5.74, 6) is 0. The second-order valence-corrected chi connectivity index (χ2v) is 7.23. The van der Waals surface area contributed by atoms with Crippen LogP contribution in [0.4, 0.5) is 5.69 Å². The lowest BCUT2D eigenvalue weighted by molar-refractivity contribution is 0.953. The molecule has 2 heterocycles. The highest BCUT2D eigenvalue weighted by Crippen LogP contribution is 2.30. The summed E-state index contributed by atoms with van der Waals surface area (Å²) in [7, 11) is 0. The van der Waals surface area contributed by atoms with Crippen LogP contribution in [0.3, 0.4) is 0 Å². The van der Waals surface area contributed by atoms with E-state index >= 15 is 0 Å². The van der Waals surface area contributed by atoms with Gasteiger partial charge >= 0.3 is 0 Å². The number of hydrogen-bond donors (Lipinski definition) is 1. The molecular weight excluding hydrogens is 318 g/mol. The number of anilines is 1. The molecule has 0 radical (unpaired) electrons. The summed E-state index contributed by atoms with van der Waals surface area (Å²) in [5, 5.41) is 2.10. The van der Waals surface area contributed by atoms with Crippen LogP contribution < -0.4 is 5.73 Å². The first-order valence-corrected chi connectivity index (χ1v) is 9.01. The molecule has 0 unspecified atom stereocenters. The highest BCUT2D eigenvalue weighted by atomic mass is 14.8. The number of aromatic nitrogens is 2. The van der Waals surface area contributed by atoms with Gasteiger partial charge in [0, 0.05) is 22.7 Å². The SMILES string of the molecule is Cc1cc(C)cc(CCc2cnc3cnc4cc(C)ccc4c3c2N)c1. The molecule has 0 saturated carbocycles. The zero-order chi connectivity index (χ0) is 18.3. The van der Waals surface area contributed by atoms with Gasteiger partial charge in [-0.2, -0.15) is 0 Å². The van der Waals surface area contributed by atoms with Crippen LogP contribution in [0.1, 0.15) is 27.8 Å². The summed E-state index contributed by atoms with van der Waals surface area (Å²) >= 11 is 0. The van der Waals surface area contributed by atoms with Crippen molar-refractivity contribution in [2.45, 2.75) is 33.6 Å². The quantitative estimate of drug-likeness (QED) is 0.529. The van der Waals surface area contributed by atoms with Crippen molar-refractivity contribution in [2.24, 2.45) is 0 Å². The molecule has 0 fully saturated rings. The Morgan fingerprint density at radius 3 is 2.27 bits per heavy atom. The van der Waals surface area contributed by atoms with Crippen LogP contribution in [0.5, 0.6) is 0 Å². The van der Waals surface area contributed by atoms with Crippen molar-refractivity contribution in [3.05, 3.63) is 76.6 Å². The van der Waals surface area contributed by atoms with Crippen LogP contribution in [-0.2, 0) is 12.8 Å². The zero-order valence-corrected chi connectivity index (χ0v) is 15.5. The maximum Gasteiger partial charge on any atom is 0.0912 e. The predicted octanol–water partition coefficient (Wildman–Crippen LogP) is 5.08. The maximum atomic E-state index is 6.58. The Morgan fingerprint density at radius 1 is 0.769 bits per heavy atom. The van der Waals surface area contributed by atoms with Crippen molar-refractivity contribution < 1.29 is 0 Å². The minimum atomic E-state index is 0.829. The molecule has 0 aliphatic rings. The summed E-state index contributed by atoms with van der Waals surface area (Å²) in [6, 6.07) is 13.0. The lowest BCUT2D eigenvalue weighted by Gasteiger charge is -2.11. The van der Waals surface area contributed by atoms with E-state index in [1.165, 1.54) is 22.3 Å². The number of fused-ring (bicyclic) bond motifs is 3. The number of hydrogen-bond acceptors (Lipinski definition) is 3. The molecule has 2 aromatic carbocycles. The fraction of sp³-hybridized carbons (Fsp3) is 0.217. The van der Waals surface area contributed by atoms with E-state index in [1.54, 1.807) is 0 Å². The number of nitrogens with zero attached hydrogens (tertiary/aromatic N) is 2. The van der Waals surface area contributed by atoms with Crippen molar-refractivity contribution in [1.29, 1.82) is 0 Å². The minimum absolute atomic E-state index is 0.829. The molecule has 130 valence electrons. The van der Waals surface area contributed by atoms with Crippen LogP contribution in [0.25, 0.3) is 21.8 Å². The average molecular weight is 341 g/mol. The molecule has 3 nitrogen and oxygen atoms in total. The van der Waals surface area contributed by atoms with E-state index in [4.69, 9.17) is 5.73 Å². The topological polar surface area (TPSA) is 51.8 Å². The lowest BCUT2D eigenvalue weighted by atomic mass is 9.98. The van der Waals surface area contributed by atoms with Gasteiger partial charge in [0.1, 0.15) is 0 Å². The highest BCUT2D eigenvalue weighted by molar-refractivity contribution is 6.10. The van der Waals surface area contributed by atoms with E-state index in [1.807, 2.05) is 12.4 Å². The molecule has 0 aliphatic carbocycles. The number of nitrogen functional groups attached to an aromatic ring is 1. The molecule has 26 heavy (non-hydrogen) atoms. The van der Waals surface area contributed by atoms with Gasteiger partial charge in [0.15, 0.2) is 0 Å². The highest BCUT2D eigenvalue weighted by Gasteiger charge is 2.11. The zero-order valence-electron chi connectivity index (χ0n) is 15.5. The Balaban J connectivity index is 1.76. The van der Waals surface area contributed by atoms with Gasteiger partial charge < -0.3 is 5.73 Å². The number of rotatable bonds is 3. The van der Waals surface area contributed by atoms with E-state index in [0.29, 0.717) is 0 Å². The summed E-state index contributed by atoms with van der Waals surface area (Å²) in [5.41, 5.74) is 15.5. The van der Waals surface area contributed by atoms with Crippen molar-refractivity contribution >= 4 is 27.5 Å².